The molecule has 4 nitrogen and oxygen atoms in total. The molecule has 0 bridgehead atoms. The van der Waals surface area contributed by atoms with Gasteiger partial charge in [-0.05, 0) is 35.8 Å². The predicted octanol–water partition coefficient (Wildman–Crippen LogP) is 4.60. The minimum absolute atomic E-state index is 0.0473. The summed E-state index contributed by atoms with van der Waals surface area (Å²) in [5.41, 5.74) is 5.00. The number of hydrogen-bond acceptors (Lipinski definition) is 3. The summed E-state index contributed by atoms with van der Waals surface area (Å²) in [7, 11) is 0. The van der Waals surface area contributed by atoms with Crippen molar-refractivity contribution in [2.45, 2.75) is 24.1 Å². The van der Waals surface area contributed by atoms with Crippen LogP contribution in [0.15, 0.2) is 77.5 Å². The van der Waals surface area contributed by atoms with Gasteiger partial charge in [-0.25, -0.2) is 0 Å². The van der Waals surface area contributed by atoms with Crippen LogP contribution in [0.3, 0.4) is 0 Å². The van der Waals surface area contributed by atoms with Crippen LogP contribution in [0.5, 0.6) is 0 Å². The summed E-state index contributed by atoms with van der Waals surface area (Å²) in [6.45, 7) is 2.01. The molecule has 5 heteroatoms. The minimum atomic E-state index is -0.0473. The highest BCUT2D eigenvalue weighted by Gasteiger charge is 2.23. The molecule has 1 aliphatic rings. The molecule has 2 aromatic carbocycles. The number of nitrogens with one attached hydrogen (secondary N) is 1. The molecular formula is C21H19N3OS. The van der Waals surface area contributed by atoms with Crippen molar-refractivity contribution in [2.75, 3.05) is 5.32 Å². The summed E-state index contributed by atoms with van der Waals surface area (Å²) in [6, 6.07) is 18.4. The van der Waals surface area contributed by atoms with Crippen LogP contribution in [0.1, 0.15) is 18.1 Å². The van der Waals surface area contributed by atoms with Crippen molar-refractivity contribution >= 4 is 28.9 Å². The smallest absolute Gasteiger partial charge is 0.252 e. The van der Waals surface area contributed by atoms with Crippen LogP contribution in [0, 0.1) is 0 Å². The molecule has 4 rings (SSSR count). The third-order valence-corrected chi connectivity index (χ3v) is 5.51. The number of aromatic nitrogens is 2. The van der Waals surface area contributed by atoms with Crippen LogP contribution >= 0.6 is 11.8 Å². The Hall–Kier alpha value is -2.79. The van der Waals surface area contributed by atoms with Gasteiger partial charge in [-0.2, -0.15) is 5.10 Å². The fourth-order valence-electron chi connectivity index (χ4n) is 3.14. The first-order valence-corrected chi connectivity index (χ1v) is 9.49. The zero-order valence-electron chi connectivity index (χ0n) is 14.5. The number of rotatable bonds is 5. The lowest BCUT2D eigenvalue weighted by atomic mass is 10.1. The number of hydrogen-bond donors (Lipinski definition) is 1. The number of fused-ring (bicyclic) bond motifs is 1. The van der Waals surface area contributed by atoms with Gasteiger partial charge in [-0.3, -0.25) is 9.48 Å². The minimum Gasteiger partial charge on any atom is -0.320 e. The maximum Gasteiger partial charge on any atom is 0.252 e. The highest BCUT2D eigenvalue weighted by Crippen LogP contribution is 2.32. The lowest BCUT2D eigenvalue weighted by Crippen LogP contribution is -2.14. The fourth-order valence-corrected chi connectivity index (χ4v) is 3.91. The van der Waals surface area contributed by atoms with Gasteiger partial charge < -0.3 is 5.32 Å². The lowest BCUT2D eigenvalue weighted by Gasteiger charge is -2.05. The molecule has 0 saturated heterocycles. The second-order valence-electron chi connectivity index (χ2n) is 6.25. The van der Waals surface area contributed by atoms with Crippen LogP contribution in [0.2, 0.25) is 0 Å². The number of amides is 1. The summed E-state index contributed by atoms with van der Waals surface area (Å²) >= 11 is 1.70. The highest BCUT2D eigenvalue weighted by atomic mass is 32.2. The van der Waals surface area contributed by atoms with Gasteiger partial charge in [-0.1, -0.05) is 42.5 Å². The van der Waals surface area contributed by atoms with E-state index in [1.165, 1.54) is 16.0 Å². The first kappa shape index (κ1) is 16.7. The van der Waals surface area contributed by atoms with E-state index in [9.17, 15) is 4.79 Å². The number of carbonyl (C=O) groups is 1. The third kappa shape index (κ3) is 3.44. The second-order valence-corrected chi connectivity index (χ2v) is 7.26. The van der Waals surface area contributed by atoms with Crippen molar-refractivity contribution in [3.63, 3.8) is 0 Å². The second kappa shape index (κ2) is 7.22. The zero-order valence-corrected chi connectivity index (χ0v) is 15.3. The largest absolute Gasteiger partial charge is 0.320 e. The van der Waals surface area contributed by atoms with E-state index < -0.39 is 0 Å². The normalized spacial score (nSPS) is 13.0. The van der Waals surface area contributed by atoms with Crippen LogP contribution in [-0.2, 0) is 17.1 Å². The Morgan fingerprint density at radius 2 is 1.92 bits per heavy atom. The summed E-state index contributed by atoms with van der Waals surface area (Å²) in [5, 5.41) is 7.31. The molecule has 1 heterocycles. The molecule has 1 aromatic heterocycles. The quantitative estimate of drug-likeness (QED) is 0.676. The van der Waals surface area contributed by atoms with Crippen molar-refractivity contribution in [1.29, 1.82) is 0 Å². The van der Waals surface area contributed by atoms with Gasteiger partial charge in [0.1, 0.15) is 0 Å². The number of nitrogens with zero attached hydrogens (tertiary/aromatic N) is 2. The third-order valence-electron chi connectivity index (χ3n) is 4.51. The molecule has 130 valence electrons. The predicted molar refractivity (Wildman–Crippen MR) is 106 cm³/mol. The van der Waals surface area contributed by atoms with Gasteiger partial charge in [0.25, 0.3) is 5.91 Å². The van der Waals surface area contributed by atoms with Crippen molar-refractivity contribution in [3.05, 3.63) is 83.7 Å². The number of allylic oxidation sites excluding steroid dienone is 1. The molecule has 0 radical (unpaired) electrons. The van der Waals surface area contributed by atoms with E-state index in [0.717, 1.165) is 16.8 Å². The van der Waals surface area contributed by atoms with Gasteiger partial charge in [0.15, 0.2) is 0 Å². The molecule has 1 amide bonds. The first-order valence-electron chi connectivity index (χ1n) is 8.50. The van der Waals surface area contributed by atoms with E-state index in [-0.39, 0.29) is 5.91 Å². The van der Waals surface area contributed by atoms with Crippen molar-refractivity contribution < 1.29 is 4.79 Å². The van der Waals surface area contributed by atoms with Crippen LogP contribution in [0.4, 0.5) is 5.69 Å². The van der Waals surface area contributed by atoms with Gasteiger partial charge in [0.05, 0.1) is 17.8 Å². The van der Waals surface area contributed by atoms with E-state index in [0.29, 0.717) is 12.3 Å². The molecule has 0 atom stereocenters. The van der Waals surface area contributed by atoms with Crippen LogP contribution < -0.4 is 5.32 Å². The Bertz CT molecular complexity index is 976. The summed E-state index contributed by atoms with van der Waals surface area (Å²) in [5.74, 6) is 0.654. The topological polar surface area (TPSA) is 46.9 Å². The Morgan fingerprint density at radius 1 is 1.15 bits per heavy atom. The molecular weight excluding hydrogens is 342 g/mol. The average Bonchev–Trinajstić information content (AvgIpc) is 3.25. The Balaban J connectivity index is 1.40. The molecule has 0 unspecified atom stereocenters. The van der Waals surface area contributed by atoms with Crippen molar-refractivity contribution in [1.82, 2.24) is 9.78 Å². The van der Waals surface area contributed by atoms with Gasteiger partial charge >= 0.3 is 0 Å². The van der Waals surface area contributed by atoms with Gasteiger partial charge in [0, 0.05) is 23.1 Å². The van der Waals surface area contributed by atoms with Crippen LogP contribution in [-0.4, -0.2) is 15.7 Å². The van der Waals surface area contributed by atoms with E-state index in [4.69, 9.17) is 0 Å². The van der Waals surface area contributed by atoms with E-state index in [1.54, 1.807) is 18.0 Å². The summed E-state index contributed by atoms with van der Waals surface area (Å²) < 4.78 is 1.83. The number of carbonyl (C=O) groups excluding carboxylic acids is 1. The zero-order chi connectivity index (χ0) is 17.9. The SMILES string of the molecule is CC1=C(C(=O)Nc2cnn(CSc3ccccc3)c2)Cc2ccccc21. The Labute approximate surface area is 156 Å². The van der Waals surface area contributed by atoms with Gasteiger partial charge in [0.2, 0.25) is 0 Å². The van der Waals surface area contributed by atoms with E-state index >= 15 is 0 Å². The number of thioether (sulfide) groups is 1. The monoisotopic (exact) mass is 361 g/mol. The Morgan fingerprint density at radius 3 is 2.73 bits per heavy atom. The Kier molecular flexibility index (Phi) is 4.63. The molecule has 0 saturated carbocycles. The van der Waals surface area contributed by atoms with Crippen molar-refractivity contribution in [3.8, 4) is 0 Å². The molecule has 0 fully saturated rings. The fraction of sp³-hybridized carbons (Fsp3) is 0.143. The molecule has 1 N–H and O–H groups in total. The lowest BCUT2D eigenvalue weighted by molar-refractivity contribution is -0.112. The summed E-state index contributed by atoms with van der Waals surface area (Å²) in [4.78, 5) is 13.9. The maximum atomic E-state index is 12.7. The standard InChI is InChI=1S/C21H19N3OS/c1-15-19-10-6-5-7-16(19)11-20(15)21(25)23-17-12-22-24(13-17)14-26-18-8-3-2-4-9-18/h2-10,12-13H,11,14H2,1H3,(H,23,25). The van der Waals surface area contributed by atoms with E-state index in [2.05, 4.69) is 34.7 Å². The maximum absolute atomic E-state index is 12.7. The molecule has 26 heavy (non-hydrogen) atoms. The first-order chi connectivity index (χ1) is 12.7. The molecule has 3 aromatic rings. The van der Waals surface area contributed by atoms with E-state index in [1.807, 2.05) is 48.1 Å². The molecule has 0 spiro atoms. The average molecular weight is 361 g/mol. The van der Waals surface area contributed by atoms with Crippen molar-refractivity contribution in [2.24, 2.45) is 0 Å². The van der Waals surface area contributed by atoms with Gasteiger partial charge in [-0.15, -0.1) is 11.8 Å². The summed E-state index contributed by atoms with van der Waals surface area (Å²) in [6.07, 6.45) is 4.25. The molecule has 0 aliphatic heterocycles. The highest BCUT2D eigenvalue weighted by molar-refractivity contribution is 7.98. The molecule has 1 aliphatic carbocycles. The number of anilines is 1. The number of benzene rings is 2. The van der Waals surface area contributed by atoms with Crippen LogP contribution in [0.25, 0.3) is 5.57 Å².